The quantitative estimate of drug-likeness (QED) is 0.846. The average Bonchev–Trinajstić information content (AvgIpc) is 2.37. The summed E-state index contributed by atoms with van der Waals surface area (Å²) in [7, 11) is 0. The van der Waals surface area contributed by atoms with E-state index < -0.39 is 5.54 Å². The molecule has 1 unspecified atom stereocenters. The van der Waals surface area contributed by atoms with E-state index in [1.54, 1.807) is 6.92 Å². The maximum atomic E-state index is 12.3. The smallest absolute Gasteiger partial charge is 0.244 e. The second kappa shape index (κ2) is 5.72. The molecule has 1 aromatic carbocycles. The topological polar surface area (TPSA) is 64.3 Å². The molecule has 0 aliphatic heterocycles. The van der Waals surface area contributed by atoms with Crippen LogP contribution in [-0.2, 0) is 15.1 Å². The third kappa shape index (κ3) is 3.14. The Morgan fingerprint density at radius 2 is 2.05 bits per heavy atom. The maximum Gasteiger partial charge on any atom is 0.244 e. The number of nitrogens with one attached hydrogen (secondary N) is 1. The third-order valence-corrected chi connectivity index (χ3v) is 3.68. The molecule has 0 heterocycles. The zero-order chi connectivity index (χ0) is 13.9. The van der Waals surface area contributed by atoms with Crippen molar-refractivity contribution in [3.8, 4) is 0 Å². The van der Waals surface area contributed by atoms with Gasteiger partial charge in [-0.25, -0.2) is 0 Å². The lowest BCUT2D eigenvalue weighted by Gasteiger charge is -2.37. The molecule has 1 aliphatic carbocycles. The lowest BCUT2D eigenvalue weighted by atomic mass is 9.86. The van der Waals surface area contributed by atoms with Crippen LogP contribution in [0.3, 0.4) is 0 Å². The van der Waals surface area contributed by atoms with E-state index in [4.69, 9.17) is 10.5 Å². The second-order valence-corrected chi connectivity index (χ2v) is 5.29. The molecule has 4 heteroatoms. The van der Waals surface area contributed by atoms with Crippen LogP contribution < -0.4 is 11.1 Å². The van der Waals surface area contributed by atoms with Crippen molar-refractivity contribution >= 4 is 5.91 Å². The van der Waals surface area contributed by atoms with Crippen LogP contribution in [0.5, 0.6) is 0 Å². The van der Waals surface area contributed by atoms with Gasteiger partial charge in [0.1, 0.15) is 5.54 Å². The van der Waals surface area contributed by atoms with Gasteiger partial charge in [0.05, 0.1) is 6.10 Å². The minimum atomic E-state index is -0.988. The fourth-order valence-corrected chi connectivity index (χ4v) is 2.31. The molecule has 2 rings (SSSR count). The minimum Gasteiger partial charge on any atom is -0.378 e. The lowest BCUT2D eigenvalue weighted by Crippen LogP contribution is -2.56. The first-order chi connectivity index (χ1) is 9.04. The van der Waals surface area contributed by atoms with E-state index in [1.165, 1.54) is 0 Å². The van der Waals surface area contributed by atoms with Crippen molar-refractivity contribution in [2.75, 3.05) is 6.61 Å². The van der Waals surface area contributed by atoms with Crippen LogP contribution in [0, 0.1) is 0 Å². The van der Waals surface area contributed by atoms with Crippen LogP contribution in [0.2, 0.25) is 0 Å². The van der Waals surface area contributed by atoms with Gasteiger partial charge in [0.25, 0.3) is 0 Å². The van der Waals surface area contributed by atoms with Crippen LogP contribution in [0.25, 0.3) is 0 Å². The van der Waals surface area contributed by atoms with E-state index in [1.807, 2.05) is 37.3 Å². The number of amides is 1. The number of hydrogen-bond donors (Lipinski definition) is 2. The van der Waals surface area contributed by atoms with Gasteiger partial charge >= 0.3 is 0 Å². The molecule has 1 aromatic rings. The summed E-state index contributed by atoms with van der Waals surface area (Å²) in [4.78, 5) is 12.3. The van der Waals surface area contributed by atoms with Crippen molar-refractivity contribution in [1.82, 2.24) is 5.32 Å². The molecule has 1 aliphatic rings. The molecule has 0 spiro atoms. The molecule has 0 radical (unpaired) electrons. The number of rotatable bonds is 5. The number of carbonyl (C=O) groups excluding carboxylic acids is 1. The summed E-state index contributed by atoms with van der Waals surface area (Å²) in [5, 5.41) is 3.00. The maximum absolute atomic E-state index is 12.3. The first-order valence-corrected chi connectivity index (χ1v) is 6.81. The summed E-state index contributed by atoms with van der Waals surface area (Å²) in [5.74, 6) is -0.126. The van der Waals surface area contributed by atoms with Gasteiger partial charge in [-0.1, -0.05) is 30.3 Å². The van der Waals surface area contributed by atoms with Crippen LogP contribution in [-0.4, -0.2) is 24.7 Å². The summed E-state index contributed by atoms with van der Waals surface area (Å²) < 4.78 is 5.48. The molecule has 0 bridgehead atoms. The second-order valence-electron chi connectivity index (χ2n) is 5.29. The number of nitrogens with two attached hydrogens (primary N) is 1. The Hall–Kier alpha value is -1.39. The lowest BCUT2D eigenvalue weighted by molar-refractivity contribution is -0.128. The van der Waals surface area contributed by atoms with E-state index in [9.17, 15) is 4.79 Å². The number of ether oxygens (including phenoxy) is 1. The van der Waals surface area contributed by atoms with E-state index in [-0.39, 0.29) is 18.1 Å². The highest BCUT2D eigenvalue weighted by Gasteiger charge is 2.36. The highest BCUT2D eigenvalue weighted by atomic mass is 16.5. The first kappa shape index (κ1) is 14.0. The zero-order valence-electron chi connectivity index (χ0n) is 11.6. The molecule has 1 amide bonds. The van der Waals surface area contributed by atoms with Crippen molar-refractivity contribution in [2.24, 2.45) is 5.73 Å². The van der Waals surface area contributed by atoms with Crippen LogP contribution in [0.4, 0.5) is 0 Å². The Morgan fingerprint density at radius 3 is 2.63 bits per heavy atom. The molecular formula is C15H22N2O2. The zero-order valence-corrected chi connectivity index (χ0v) is 11.6. The first-order valence-electron chi connectivity index (χ1n) is 6.81. The van der Waals surface area contributed by atoms with Gasteiger partial charge in [0, 0.05) is 12.6 Å². The Kier molecular flexibility index (Phi) is 4.22. The van der Waals surface area contributed by atoms with Crippen LogP contribution in [0.15, 0.2) is 30.3 Å². The fraction of sp³-hybridized carbons (Fsp3) is 0.533. The summed E-state index contributed by atoms with van der Waals surface area (Å²) in [6, 6.07) is 9.64. The van der Waals surface area contributed by atoms with E-state index >= 15 is 0 Å². The number of hydrogen-bond acceptors (Lipinski definition) is 3. The summed E-state index contributed by atoms with van der Waals surface area (Å²) in [6.07, 6.45) is 2.05. The summed E-state index contributed by atoms with van der Waals surface area (Å²) in [6.45, 7) is 4.46. The molecule has 1 saturated carbocycles. The molecular weight excluding hydrogens is 240 g/mol. The van der Waals surface area contributed by atoms with E-state index in [2.05, 4.69) is 5.32 Å². The third-order valence-electron chi connectivity index (χ3n) is 3.68. The Labute approximate surface area is 114 Å². The molecule has 1 atom stereocenters. The minimum absolute atomic E-state index is 0.126. The normalized spacial score (nSPS) is 25.2. The van der Waals surface area contributed by atoms with Crippen molar-refractivity contribution in [3.05, 3.63) is 35.9 Å². The van der Waals surface area contributed by atoms with Gasteiger partial charge in [0.15, 0.2) is 0 Å². The summed E-state index contributed by atoms with van der Waals surface area (Å²) in [5.41, 5.74) is 6.00. The van der Waals surface area contributed by atoms with E-state index in [0.717, 1.165) is 25.0 Å². The molecule has 4 nitrogen and oxygen atoms in total. The molecule has 19 heavy (non-hydrogen) atoms. The summed E-state index contributed by atoms with van der Waals surface area (Å²) >= 11 is 0. The van der Waals surface area contributed by atoms with Gasteiger partial charge in [-0.15, -0.1) is 0 Å². The van der Waals surface area contributed by atoms with Crippen molar-refractivity contribution in [2.45, 2.75) is 44.4 Å². The van der Waals surface area contributed by atoms with Gasteiger partial charge in [0.2, 0.25) is 5.91 Å². The Morgan fingerprint density at radius 1 is 1.42 bits per heavy atom. The predicted octanol–water partition coefficient (Wildman–Crippen LogP) is 1.54. The van der Waals surface area contributed by atoms with Crippen LogP contribution in [0.1, 0.15) is 32.3 Å². The predicted molar refractivity (Wildman–Crippen MR) is 74.6 cm³/mol. The highest BCUT2D eigenvalue weighted by molar-refractivity contribution is 5.87. The Balaban J connectivity index is 1.90. The average molecular weight is 262 g/mol. The van der Waals surface area contributed by atoms with Gasteiger partial charge < -0.3 is 15.8 Å². The number of carbonyl (C=O) groups is 1. The SMILES string of the molecule is CCOC1CC(NC(=O)C(C)(N)c2ccccc2)C1. The molecule has 3 N–H and O–H groups in total. The largest absolute Gasteiger partial charge is 0.378 e. The fourth-order valence-electron chi connectivity index (χ4n) is 2.31. The van der Waals surface area contributed by atoms with Gasteiger partial charge in [-0.3, -0.25) is 4.79 Å². The standard InChI is InChI=1S/C15H22N2O2/c1-3-19-13-9-12(10-13)17-14(18)15(2,16)11-7-5-4-6-8-11/h4-8,12-13H,3,9-10,16H2,1-2H3,(H,17,18). The van der Waals surface area contributed by atoms with Crippen molar-refractivity contribution in [3.63, 3.8) is 0 Å². The monoisotopic (exact) mass is 262 g/mol. The van der Waals surface area contributed by atoms with Gasteiger partial charge in [-0.2, -0.15) is 0 Å². The molecule has 104 valence electrons. The molecule has 0 aromatic heterocycles. The van der Waals surface area contributed by atoms with Crippen molar-refractivity contribution in [1.29, 1.82) is 0 Å². The van der Waals surface area contributed by atoms with Crippen molar-refractivity contribution < 1.29 is 9.53 Å². The molecule has 1 fully saturated rings. The van der Waals surface area contributed by atoms with Gasteiger partial charge in [-0.05, 0) is 32.3 Å². The van der Waals surface area contributed by atoms with Crippen LogP contribution >= 0.6 is 0 Å². The number of benzene rings is 1. The molecule has 0 saturated heterocycles. The Bertz CT molecular complexity index is 425. The van der Waals surface area contributed by atoms with E-state index in [0.29, 0.717) is 0 Å². The highest BCUT2D eigenvalue weighted by Crippen LogP contribution is 2.25.